The van der Waals surface area contributed by atoms with E-state index in [1.54, 1.807) is 0 Å². The molecule has 1 unspecified atom stereocenters. The number of fused-ring (bicyclic) bond motifs is 1. The number of likely N-dealkylation sites (N-methyl/N-ethyl adjacent to an activating group) is 1. The Kier molecular flexibility index (Phi) is 4.10. The molecule has 1 aromatic carbocycles. The number of Topliss-reactive ketones (excluding diaryl/α,β-unsaturated/α-hetero) is 1. The Hall–Kier alpha value is -1.15. The number of carbonyl (C=O) groups excluding carboxylic acids is 1. The fraction of sp³-hybridized carbons (Fsp3) is 0.588. The molecule has 2 nitrogen and oxygen atoms in total. The van der Waals surface area contributed by atoms with Crippen LogP contribution in [0, 0.1) is 0 Å². The molecule has 0 spiro atoms. The molecule has 2 rings (SSSR count). The van der Waals surface area contributed by atoms with Gasteiger partial charge in [0, 0.05) is 6.42 Å². The number of hydrogen-bond donors (Lipinski definition) is 0. The van der Waals surface area contributed by atoms with E-state index in [-0.39, 0.29) is 5.54 Å². The standard InChI is InChI=1S/C17H25NO/c1-17(2,18(3)4)16(19)12-14-10-7-9-13-8-5-6-11-15(13)14/h5-6,8,11,14H,7,9-10,12H2,1-4H3. The van der Waals surface area contributed by atoms with Crippen molar-refractivity contribution in [2.45, 2.75) is 51.0 Å². The Morgan fingerprint density at radius 1 is 1.32 bits per heavy atom. The molecule has 104 valence electrons. The lowest BCUT2D eigenvalue weighted by atomic mass is 9.78. The fourth-order valence-corrected chi connectivity index (χ4v) is 2.79. The number of nitrogens with zero attached hydrogens (tertiary/aromatic N) is 1. The molecule has 1 aliphatic carbocycles. The topological polar surface area (TPSA) is 20.3 Å². The summed E-state index contributed by atoms with van der Waals surface area (Å²) in [4.78, 5) is 14.6. The normalized spacial score (nSPS) is 19.3. The van der Waals surface area contributed by atoms with Crippen molar-refractivity contribution in [3.05, 3.63) is 35.4 Å². The molecule has 0 saturated carbocycles. The molecule has 0 aromatic heterocycles. The largest absolute Gasteiger partial charge is 0.298 e. The van der Waals surface area contributed by atoms with Crippen molar-refractivity contribution in [2.24, 2.45) is 0 Å². The van der Waals surface area contributed by atoms with Gasteiger partial charge in [0.25, 0.3) is 0 Å². The van der Waals surface area contributed by atoms with E-state index in [0.29, 0.717) is 18.1 Å². The third-order valence-corrected chi connectivity index (χ3v) is 4.73. The molecule has 0 radical (unpaired) electrons. The van der Waals surface area contributed by atoms with Gasteiger partial charge >= 0.3 is 0 Å². The minimum absolute atomic E-state index is 0.346. The quantitative estimate of drug-likeness (QED) is 0.826. The molecule has 0 saturated heterocycles. The van der Waals surface area contributed by atoms with Gasteiger partial charge in [-0.15, -0.1) is 0 Å². The van der Waals surface area contributed by atoms with Crippen LogP contribution in [0.5, 0.6) is 0 Å². The summed E-state index contributed by atoms with van der Waals surface area (Å²) in [5.41, 5.74) is 2.47. The van der Waals surface area contributed by atoms with Gasteiger partial charge in [0.2, 0.25) is 0 Å². The lowest BCUT2D eigenvalue weighted by Gasteiger charge is -2.33. The molecule has 1 aromatic rings. The van der Waals surface area contributed by atoms with Crippen molar-refractivity contribution in [3.8, 4) is 0 Å². The highest BCUT2D eigenvalue weighted by molar-refractivity contribution is 5.88. The van der Waals surface area contributed by atoms with Crippen molar-refractivity contribution >= 4 is 5.78 Å². The van der Waals surface area contributed by atoms with E-state index in [1.807, 2.05) is 32.8 Å². The number of rotatable bonds is 4. The smallest absolute Gasteiger partial charge is 0.153 e. The molecule has 1 atom stereocenters. The lowest BCUT2D eigenvalue weighted by Crippen LogP contribution is -2.46. The van der Waals surface area contributed by atoms with E-state index in [0.717, 1.165) is 12.8 Å². The van der Waals surface area contributed by atoms with Gasteiger partial charge in [0.1, 0.15) is 0 Å². The van der Waals surface area contributed by atoms with Gasteiger partial charge in [0.15, 0.2) is 5.78 Å². The minimum Gasteiger partial charge on any atom is -0.298 e. The highest BCUT2D eigenvalue weighted by Crippen LogP contribution is 2.35. The van der Waals surface area contributed by atoms with Crippen LogP contribution in [-0.2, 0) is 11.2 Å². The van der Waals surface area contributed by atoms with Crippen LogP contribution in [0.25, 0.3) is 0 Å². The van der Waals surface area contributed by atoms with E-state index in [9.17, 15) is 4.79 Å². The Morgan fingerprint density at radius 2 is 2.00 bits per heavy atom. The van der Waals surface area contributed by atoms with E-state index >= 15 is 0 Å². The maximum atomic E-state index is 12.5. The highest BCUT2D eigenvalue weighted by Gasteiger charge is 2.32. The van der Waals surface area contributed by atoms with Crippen LogP contribution in [0.3, 0.4) is 0 Å². The molecule has 0 bridgehead atoms. The van der Waals surface area contributed by atoms with E-state index in [4.69, 9.17) is 0 Å². The van der Waals surface area contributed by atoms with Crippen LogP contribution in [0.15, 0.2) is 24.3 Å². The second-order valence-corrected chi connectivity index (χ2v) is 6.37. The van der Waals surface area contributed by atoms with Gasteiger partial charge in [-0.2, -0.15) is 0 Å². The van der Waals surface area contributed by atoms with E-state index in [2.05, 4.69) is 24.3 Å². The summed E-state index contributed by atoms with van der Waals surface area (Å²) < 4.78 is 0. The predicted molar refractivity (Wildman–Crippen MR) is 79.5 cm³/mol. The number of ketones is 1. The van der Waals surface area contributed by atoms with Crippen molar-refractivity contribution < 1.29 is 4.79 Å². The van der Waals surface area contributed by atoms with Gasteiger partial charge in [0.05, 0.1) is 5.54 Å². The first-order valence-electron chi connectivity index (χ1n) is 7.21. The van der Waals surface area contributed by atoms with Gasteiger partial charge in [-0.1, -0.05) is 24.3 Å². The molecule has 2 heteroatoms. The summed E-state index contributed by atoms with van der Waals surface area (Å²) in [5.74, 6) is 0.760. The average molecular weight is 259 g/mol. The van der Waals surface area contributed by atoms with Gasteiger partial charge < -0.3 is 0 Å². The Morgan fingerprint density at radius 3 is 2.68 bits per heavy atom. The predicted octanol–water partition coefficient (Wildman–Crippen LogP) is 3.41. The summed E-state index contributed by atoms with van der Waals surface area (Å²) in [6, 6.07) is 8.61. The zero-order valence-corrected chi connectivity index (χ0v) is 12.6. The van der Waals surface area contributed by atoms with Crippen LogP contribution in [-0.4, -0.2) is 30.3 Å². The van der Waals surface area contributed by atoms with Gasteiger partial charge in [-0.05, 0) is 64.3 Å². The maximum Gasteiger partial charge on any atom is 0.153 e. The van der Waals surface area contributed by atoms with Gasteiger partial charge in [-0.3, -0.25) is 9.69 Å². The first kappa shape index (κ1) is 14.3. The van der Waals surface area contributed by atoms with Crippen LogP contribution in [0.2, 0.25) is 0 Å². The van der Waals surface area contributed by atoms with Crippen molar-refractivity contribution in [1.29, 1.82) is 0 Å². The third-order valence-electron chi connectivity index (χ3n) is 4.73. The number of hydrogen-bond acceptors (Lipinski definition) is 2. The lowest BCUT2D eigenvalue weighted by molar-refractivity contribution is -0.128. The van der Waals surface area contributed by atoms with Crippen molar-refractivity contribution in [1.82, 2.24) is 4.90 Å². The summed E-state index contributed by atoms with van der Waals surface area (Å²) in [7, 11) is 3.96. The molecule has 1 aliphatic rings. The first-order valence-corrected chi connectivity index (χ1v) is 7.21. The number of carbonyl (C=O) groups is 1. The number of aryl methyl sites for hydroxylation is 1. The average Bonchev–Trinajstić information content (AvgIpc) is 2.39. The Bertz CT molecular complexity index is 462. The molecule has 0 fully saturated rings. The maximum absolute atomic E-state index is 12.5. The van der Waals surface area contributed by atoms with Gasteiger partial charge in [-0.25, -0.2) is 0 Å². The summed E-state index contributed by atoms with van der Waals surface area (Å²) in [5, 5.41) is 0. The zero-order valence-electron chi connectivity index (χ0n) is 12.6. The summed E-state index contributed by atoms with van der Waals surface area (Å²) >= 11 is 0. The van der Waals surface area contributed by atoms with E-state index < -0.39 is 0 Å². The molecule has 0 N–H and O–H groups in total. The Labute approximate surface area is 116 Å². The minimum atomic E-state index is -0.369. The SMILES string of the molecule is CN(C)C(C)(C)C(=O)CC1CCCc2ccccc21. The molecule has 0 amide bonds. The molecular weight excluding hydrogens is 234 g/mol. The second kappa shape index (κ2) is 5.46. The second-order valence-electron chi connectivity index (χ2n) is 6.37. The molecule has 19 heavy (non-hydrogen) atoms. The number of benzene rings is 1. The molecule has 0 heterocycles. The first-order chi connectivity index (χ1) is 8.93. The monoisotopic (exact) mass is 259 g/mol. The van der Waals surface area contributed by atoms with Crippen LogP contribution >= 0.6 is 0 Å². The summed E-state index contributed by atoms with van der Waals surface area (Å²) in [6.45, 7) is 4.04. The Balaban J connectivity index is 2.15. The van der Waals surface area contributed by atoms with Crippen LogP contribution in [0.1, 0.15) is 50.2 Å². The summed E-state index contributed by atoms with van der Waals surface area (Å²) in [6.07, 6.45) is 4.18. The zero-order chi connectivity index (χ0) is 14.0. The molecular formula is C17H25NO. The highest BCUT2D eigenvalue weighted by atomic mass is 16.1. The van der Waals surface area contributed by atoms with Crippen LogP contribution < -0.4 is 0 Å². The van der Waals surface area contributed by atoms with Crippen LogP contribution in [0.4, 0.5) is 0 Å². The third kappa shape index (κ3) is 2.89. The van der Waals surface area contributed by atoms with Crippen molar-refractivity contribution in [2.75, 3.05) is 14.1 Å². The van der Waals surface area contributed by atoms with Crippen molar-refractivity contribution in [3.63, 3.8) is 0 Å². The molecule has 0 aliphatic heterocycles. The van der Waals surface area contributed by atoms with E-state index in [1.165, 1.54) is 17.5 Å². The fourth-order valence-electron chi connectivity index (χ4n) is 2.79.